The third kappa shape index (κ3) is 1.32. The van der Waals surface area contributed by atoms with Gasteiger partial charge in [0.15, 0.2) is 5.60 Å². The molecule has 1 aliphatic heterocycles. The molecule has 1 unspecified atom stereocenters. The van der Waals surface area contributed by atoms with E-state index in [2.05, 4.69) is 4.74 Å². The fourth-order valence-electron chi connectivity index (χ4n) is 0.879. The number of carbonyl (C=O) groups excluding carboxylic acids is 2. The fourth-order valence-corrected chi connectivity index (χ4v) is 0.879. The first kappa shape index (κ1) is 8.00. The lowest BCUT2D eigenvalue weighted by molar-refractivity contribution is -0.131. The van der Waals surface area contributed by atoms with Crippen LogP contribution in [0.1, 0.15) is 13.3 Å². The Morgan fingerprint density at radius 2 is 2.27 bits per heavy atom. The second kappa shape index (κ2) is 2.50. The molecule has 1 rings (SSSR count). The maximum Gasteiger partial charge on any atom is 0.415 e. The normalized spacial score (nSPS) is 30.0. The number of hydrogen-bond donors (Lipinski definition) is 2. The summed E-state index contributed by atoms with van der Waals surface area (Å²) < 4.78 is 4.64. The standard InChI is InChI=1S/C6H9NO4/c1-6(2-3-8)4(9)7-5(10)11-6/h8H,2-3H2,1H3,(H,7,9,10). The summed E-state index contributed by atoms with van der Waals surface area (Å²) in [7, 11) is 0. The van der Waals surface area contributed by atoms with E-state index in [-0.39, 0.29) is 13.0 Å². The van der Waals surface area contributed by atoms with Crippen LogP contribution in [0.2, 0.25) is 0 Å². The van der Waals surface area contributed by atoms with Crippen LogP contribution in [-0.4, -0.2) is 29.3 Å². The number of hydrogen-bond acceptors (Lipinski definition) is 4. The molecular formula is C6H9NO4. The van der Waals surface area contributed by atoms with Crippen LogP contribution in [0, 0.1) is 0 Å². The van der Waals surface area contributed by atoms with Crippen molar-refractivity contribution in [2.24, 2.45) is 0 Å². The molecule has 0 aromatic heterocycles. The van der Waals surface area contributed by atoms with Gasteiger partial charge in [0.05, 0.1) is 0 Å². The Labute approximate surface area is 63.3 Å². The van der Waals surface area contributed by atoms with Crippen molar-refractivity contribution < 1.29 is 19.4 Å². The molecule has 0 aliphatic carbocycles. The minimum atomic E-state index is -1.17. The number of alkyl carbamates (subject to hydrolysis) is 1. The Kier molecular flexibility index (Phi) is 1.82. The first-order valence-electron chi connectivity index (χ1n) is 3.24. The van der Waals surface area contributed by atoms with Gasteiger partial charge in [-0.3, -0.25) is 10.1 Å². The van der Waals surface area contributed by atoms with Crippen molar-refractivity contribution in [2.75, 3.05) is 6.61 Å². The van der Waals surface area contributed by atoms with Crippen LogP contribution < -0.4 is 5.32 Å². The average Bonchev–Trinajstić information content (AvgIpc) is 2.08. The van der Waals surface area contributed by atoms with Gasteiger partial charge in [-0.25, -0.2) is 4.79 Å². The maximum absolute atomic E-state index is 10.9. The molecule has 1 atom stereocenters. The molecule has 0 spiro atoms. The summed E-state index contributed by atoms with van der Waals surface area (Å²) in [6.45, 7) is 1.28. The zero-order valence-corrected chi connectivity index (χ0v) is 6.09. The van der Waals surface area contributed by atoms with Crippen molar-refractivity contribution in [1.29, 1.82) is 0 Å². The van der Waals surface area contributed by atoms with Crippen molar-refractivity contribution >= 4 is 12.0 Å². The number of imide groups is 1. The summed E-state index contributed by atoms with van der Waals surface area (Å²) in [6, 6.07) is 0. The largest absolute Gasteiger partial charge is 0.433 e. The average molecular weight is 159 g/mol. The number of rotatable bonds is 2. The van der Waals surface area contributed by atoms with Crippen LogP contribution in [0.5, 0.6) is 0 Å². The highest BCUT2D eigenvalue weighted by molar-refractivity contribution is 6.02. The lowest BCUT2D eigenvalue weighted by Crippen LogP contribution is -2.36. The van der Waals surface area contributed by atoms with Gasteiger partial charge in [-0.2, -0.15) is 0 Å². The molecule has 1 heterocycles. The summed E-state index contributed by atoms with van der Waals surface area (Å²) in [6.07, 6.45) is -0.615. The first-order chi connectivity index (χ1) is 5.08. The van der Waals surface area contributed by atoms with E-state index in [0.29, 0.717) is 0 Å². The van der Waals surface area contributed by atoms with Crippen molar-refractivity contribution in [2.45, 2.75) is 18.9 Å². The summed E-state index contributed by atoms with van der Waals surface area (Å²) in [5, 5.41) is 10.5. The highest BCUT2D eigenvalue weighted by Crippen LogP contribution is 2.20. The van der Waals surface area contributed by atoms with Gasteiger partial charge in [-0.15, -0.1) is 0 Å². The molecule has 5 heteroatoms. The van der Waals surface area contributed by atoms with Gasteiger partial charge >= 0.3 is 6.09 Å². The van der Waals surface area contributed by atoms with Gasteiger partial charge in [0.25, 0.3) is 5.91 Å². The van der Waals surface area contributed by atoms with Crippen LogP contribution in [0.3, 0.4) is 0 Å². The van der Waals surface area contributed by atoms with E-state index in [0.717, 1.165) is 0 Å². The van der Waals surface area contributed by atoms with Gasteiger partial charge in [-0.1, -0.05) is 0 Å². The van der Waals surface area contributed by atoms with Crippen LogP contribution in [-0.2, 0) is 9.53 Å². The highest BCUT2D eigenvalue weighted by Gasteiger charge is 2.43. The van der Waals surface area contributed by atoms with Gasteiger partial charge < -0.3 is 9.84 Å². The van der Waals surface area contributed by atoms with E-state index in [4.69, 9.17) is 5.11 Å². The quantitative estimate of drug-likeness (QED) is 0.563. The second-order valence-corrected chi connectivity index (χ2v) is 2.55. The number of carbonyl (C=O) groups is 2. The topological polar surface area (TPSA) is 75.6 Å². The molecule has 2 amide bonds. The van der Waals surface area contributed by atoms with E-state index in [9.17, 15) is 9.59 Å². The predicted molar refractivity (Wildman–Crippen MR) is 34.7 cm³/mol. The van der Waals surface area contributed by atoms with Gasteiger partial charge in [-0.05, 0) is 6.92 Å². The van der Waals surface area contributed by atoms with E-state index in [1.165, 1.54) is 6.92 Å². The maximum atomic E-state index is 10.9. The van der Waals surface area contributed by atoms with Crippen LogP contribution in [0.15, 0.2) is 0 Å². The Bertz CT molecular complexity index is 203. The Balaban J connectivity index is 2.70. The zero-order valence-electron chi connectivity index (χ0n) is 6.09. The summed E-state index contributed by atoms with van der Waals surface area (Å²) in [4.78, 5) is 21.4. The first-order valence-corrected chi connectivity index (χ1v) is 3.24. The van der Waals surface area contributed by atoms with E-state index in [1.54, 1.807) is 0 Å². The van der Waals surface area contributed by atoms with Crippen molar-refractivity contribution in [3.05, 3.63) is 0 Å². The zero-order chi connectivity index (χ0) is 8.48. The molecule has 0 saturated carbocycles. The van der Waals surface area contributed by atoms with Gasteiger partial charge in [0.1, 0.15) is 0 Å². The lowest BCUT2D eigenvalue weighted by atomic mass is 10.0. The van der Waals surface area contributed by atoms with Gasteiger partial charge in [0.2, 0.25) is 0 Å². The number of ether oxygens (including phenoxy) is 1. The third-order valence-corrected chi connectivity index (χ3v) is 1.60. The summed E-state index contributed by atoms with van der Waals surface area (Å²) >= 11 is 0. The van der Waals surface area contributed by atoms with E-state index < -0.39 is 17.6 Å². The Morgan fingerprint density at radius 3 is 2.64 bits per heavy atom. The van der Waals surface area contributed by atoms with Crippen molar-refractivity contribution in [3.63, 3.8) is 0 Å². The number of cyclic esters (lactones) is 1. The second-order valence-electron chi connectivity index (χ2n) is 2.55. The molecule has 0 bridgehead atoms. The molecule has 0 aromatic rings. The molecule has 1 aliphatic rings. The molecule has 0 aromatic carbocycles. The van der Waals surface area contributed by atoms with E-state index >= 15 is 0 Å². The minimum absolute atomic E-state index is 0.130. The third-order valence-electron chi connectivity index (χ3n) is 1.60. The number of aliphatic hydroxyl groups excluding tert-OH is 1. The monoisotopic (exact) mass is 159 g/mol. The van der Waals surface area contributed by atoms with Crippen molar-refractivity contribution in [3.8, 4) is 0 Å². The molecule has 5 nitrogen and oxygen atoms in total. The Morgan fingerprint density at radius 1 is 1.64 bits per heavy atom. The lowest BCUT2D eigenvalue weighted by Gasteiger charge is -2.16. The smallest absolute Gasteiger partial charge is 0.415 e. The molecular weight excluding hydrogens is 150 g/mol. The van der Waals surface area contributed by atoms with Crippen LogP contribution in [0.25, 0.3) is 0 Å². The molecule has 0 radical (unpaired) electrons. The molecule has 11 heavy (non-hydrogen) atoms. The summed E-state index contributed by atoms with van der Waals surface area (Å²) in [5.74, 6) is -0.489. The summed E-state index contributed by atoms with van der Waals surface area (Å²) in [5.41, 5.74) is -1.17. The number of amides is 2. The van der Waals surface area contributed by atoms with Crippen LogP contribution >= 0.6 is 0 Å². The molecule has 1 saturated heterocycles. The minimum Gasteiger partial charge on any atom is -0.433 e. The number of aliphatic hydroxyl groups is 1. The molecule has 62 valence electrons. The SMILES string of the molecule is CC1(CCO)OC(=O)NC1=O. The van der Waals surface area contributed by atoms with E-state index in [1.807, 2.05) is 5.32 Å². The number of nitrogens with one attached hydrogen (secondary N) is 1. The van der Waals surface area contributed by atoms with Crippen molar-refractivity contribution in [1.82, 2.24) is 5.32 Å². The van der Waals surface area contributed by atoms with Gasteiger partial charge in [0, 0.05) is 13.0 Å². The van der Waals surface area contributed by atoms with Crippen LogP contribution in [0.4, 0.5) is 4.79 Å². The highest BCUT2D eigenvalue weighted by atomic mass is 16.6. The fraction of sp³-hybridized carbons (Fsp3) is 0.667. The predicted octanol–water partition coefficient (Wildman–Crippen LogP) is -0.606. The molecule has 1 fully saturated rings. The molecule has 2 N–H and O–H groups in total. The Hall–Kier alpha value is -1.10.